The predicted molar refractivity (Wildman–Crippen MR) is 145 cm³/mol. The lowest BCUT2D eigenvalue weighted by Gasteiger charge is -2.18. The molecule has 0 aliphatic heterocycles. The smallest absolute Gasteiger partial charge is 0.282 e. The van der Waals surface area contributed by atoms with Crippen molar-refractivity contribution in [1.82, 2.24) is 9.66 Å². The van der Waals surface area contributed by atoms with Crippen LogP contribution in [0, 0.1) is 19.3 Å². The Balaban J connectivity index is 1.91. The van der Waals surface area contributed by atoms with Gasteiger partial charge in [0.1, 0.15) is 18.1 Å². The van der Waals surface area contributed by atoms with E-state index in [1.165, 1.54) is 4.68 Å². The Hall–Kier alpha value is -4.37. The molecule has 0 radical (unpaired) electrons. The Morgan fingerprint density at radius 2 is 1.92 bits per heavy atom. The van der Waals surface area contributed by atoms with Crippen molar-refractivity contribution in [2.75, 3.05) is 13.2 Å². The molecule has 36 heavy (non-hydrogen) atoms. The van der Waals surface area contributed by atoms with Gasteiger partial charge in [0.25, 0.3) is 5.56 Å². The minimum atomic E-state index is -0.244. The zero-order valence-corrected chi connectivity index (χ0v) is 21.0. The molecule has 1 heterocycles. The molecule has 1 aromatic heterocycles. The van der Waals surface area contributed by atoms with E-state index < -0.39 is 0 Å². The number of aromatic nitrogens is 2. The molecule has 0 bridgehead atoms. The molecule has 0 N–H and O–H groups in total. The lowest BCUT2D eigenvalue weighted by Crippen LogP contribution is -2.20. The molecule has 4 aromatic rings. The molecule has 0 spiro atoms. The predicted octanol–water partition coefficient (Wildman–Crippen LogP) is 5.79. The van der Waals surface area contributed by atoms with Crippen molar-refractivity contribution in [3.63, 3.8) is 0 Å². The molecule has 0 fully saturated rings. The summed E-state index contributed by atoms with van der Waals surface area (Å²) in [6, 6.07) is 18.7. The van der Waals surface area contributed by atoms with E-state index in [1.807, 2.05) is 62.4 Å². The Labute approximate surface area is 211 Å². The highest BCUT2D eigenvalue weighted by Crippen LogP contribution is 2.34. The lowest BCUT2D eigenvalue weighted by molar-refractivity contribution is 0.335. The molecule has 0 atom stereocenters. The second-order valence-electron chi connectivity index (χ2n) is 8.67. The van der Waals surface area contributed by atoms with Crippen LogP contribution in [0.15, 0.2) is 70.6 Å². The fraction of sp³-hybridized carbons (Fsp3) is 0.233. The first-order chi connectivity index (χ1) is 17.4. The van der Waals surface area contributed by atoms with E-state index in [4.69, 9.17) is 20.9 Å². The Kier molecular flexibility index (Phi) is 7.50. The molecule has 0 aliphatic carbocycles. The van der Waals surface area contributed by atoms with Crippen LogP contribution >= 0.6 is 0 Å². The molecule has 0 saturated carbocycles. The van der Waals surface area contributed by atoms with Gasteiger partial charge in [-0.2, -0.15) is 9.78 Å². The molecular formula is C30H29N3O3. The van der Waals surface area contributed by atoms with Crippen LogP contribution in [-0.2, 0) is 0 Å². The molecule has 0 saturated heterocycles. The number of nitrogens with zero attached hydrogens (tertiary/aromatic N) is 3. The monoisotopic (exact) mass is 479 g/mol. The molecule has 4 rings (SSSR count). The molecular weight excluding hydrogens is 450 g/mol. The maximum atomic E-state index is 13.6. The first kappa shape index (κ1) is 24.7. The van der Waals surface area contributed by atoms with Crippen LogP contribution in [-0.4, -0.2) is 29.1 Å². The third-order valence-electron chi connectivity index (χ3n) is 5.78. The van der Waals surface area contributed by atoms with Crippen LogP contribution in [0.1, 0.15) is 43.4 Å². The van der Waals surface area contributed by atoms with Crippen molar-refractivity contribution in [3.8, 4) is 35.2 Å². The molecule has 3 aromatic carbocycles. The fourth-order valence-corrected chi connectivity index (χ4v) is 4.01. The minimum absolute atomic E-state index is 0.175. The lowest BCUT2D eigenvalue weighted by atomic mass is 9.96. The summed E-state index contributed by atoms with van der Waals surface area (Å²) in [5, 5.41) is 5.09. The molecule has 0 aliphatic rings. The van der Waals surface area contributed by atoms with Gasteiger partial charge in [0.15, 0.2) is 5.82 Å². The number of para-hydroxylation sites is 1. The van der Waals surface area contributed by atoms with Gasteiger partial charge in [-0.05, 0) is 72.9 Å². The molecule has 0 unspecified atom stereocenters. The van der Waals surface area contributed by atoms with Crippen LogP contribution in [0.4, 0.5) is 0 Å². The summed E-state index contributed by atoms with van der Waals surface area (Å²) in [5.41, 5.74) is 3.96. The zero-order chi connectivity index (χ0) is 25.7. The van der Waals surface area contributed by atoms with Crippen LogP contribution in [0.25, 0.3) is 22.3 Å². The highest BCUT2D eigenvalue weighted by molar-refractivity contribution is 5.82. The maximum absolute atomic E-state index is 13.6. The van der Waals surface area contributed by atoms with E-state index in [-0.39, 0.29) is 18.1 Å². The summed E-state index contributed by atoms with van der Waals surface area (Å²) >= 11 is 0. The van der Waals surface area contributed by atoms with E-state index in [9.17, 15) is 4.79 Å². The third-order valence-corrected chi connectivity index (χ3v) is 5.78. The molecule has 0 amide bonds. The second-order valence-corrected chi connectivity index (χ2v) is 8.67. The average Bonchev–Trinajstić information content (AvgIpc) is 2.87. The Morgan fingerprint density at radius 3 is 2.67 bits per heavy atom. The third kappa shape index (κ3) is 5.16. The van der Waals surface area contributed by atoms with Crippen LogP contribution in [0.3, 0.4) is 0 Å². The van der Waals surface area contributed by atoms with Gasteiger partial charge in [0.05, 0.1) is 23.7 Å². The van der Waals surface area contributed by atoms with Gasteiger partial charge < -0.3 is 9.47 Å². The highest BCUT2D eigenvalue weighted by Gasteiger charge is 2.18. The topological polar surface area (TPSA) is 65.7 Å². The molecule has 6 nitrogen and oxygen atoms in total. The number of ether oxygens (including phenoxy) is 2. The number of fused-ring (bicyclic) bond motifs is 1. The minimum Gasteiger partial charge on any atom is -0.494 e. The second kappa shape index (κ2) is 10.9. The van der Waals surface area contributed by atoms with E-state index in [0.717, 1.165) is 28.0 Å². The van der Waals surface area contributed by atoms with Crippen molar-refractivity contribution in [1.29, 1.82) is 0 Å². The number of aryl methyl sites for hydroxylation is 1. The van der Waals surface area contributed by atoms with Crippen molar-refractivity contribution in [2.24, 2.45) is 5.10 Å². The first-order valence-corrected chi connectivity index (χ1v) is 11.9. The van der Waals surface area contributed by atoms with E-state index in [2.05, 4.69) is 30.9 Å². The Bertz CT molecular complexity index is 1530. The normalized spacial score (nSPS) is 11.2. The summed E-state index contributed by atoms with van der Waals surface area (Å²) in [6.07, 6.45) is 6.92. The number of rotatable bonds is 8. The summed E-state index contributed by atoms with van der Waals surface area (Å²) in [6.45, 7) is 8.94. The van der Waals surface area contributed by atoms with Gasteiger partial charge >= 0.3 is 0 Å². The Morgan fingerprint density at radius 1 is 1.11 bits per heavy atom. The number of hydrogen-bond donors (Lipinski definition) is 0. The first-order valence-electron chi connectivity index (χ1n) is 11.9. The van der Waals surface area contributed by atoms with Crippen LogP contribution in [0.5, 0.6) is 11.5 Å². The van der Waals surface area contributed by atoms with Crippen molar-refractivity contribution < 1.29 is 9.47 Å². The standard InChI is InChI=1S/C30H29N3O3/c1-6-15-36-23-12-10-11-22(17-23)19-31-33-29(32-27-14-9-8-13-24(27)30(33)34)26-18-25(20(3)4)28(35-7-2)16-21(26)5/h1,8-14,16-20H,7,15H2,2-5H3. The largest absolute Gasteiger partial charge is 0.494 e. The summed E-state index contributed by atoms with van der Waals surface area (Å²) in [7, 11) is 0. The van der Waals surface area contributed by atoms with Crippen LogP contribution < -0.4 is 15.0 Å². The van der Waals surface area contributed by atoms with Gasteiger partial charge in [-0.1, -0.05) is 44.0 Å². The molecule has 182 valence electrons. The van der Waals surface area contributed by atoms with E-state index >= 15 is 0 Å². The maximum Gasteiger partial charge on any atom is 0.282 e. The zero-order valence-electron chi connectivity index (χ0n) is 21.0. The van der Waals surface area contributed by atoms with Gasteiger partial charge in [-0.25, -0.2) is 4.98 Å². The van der Waals surface area contributed by atoms with Crippen molar-refractivity contribution in [3.05, 3.63) is 87.7 Å². The number of hydrogen-bond acceptors (Lipinski definition) is 5. The average molecular weight is 480 g/mol. The van der Waals surface area contributed by atoms with Crippen molar-refractivity contribution >= 4 is 17.1 Å². The van der Waals surface area contributed by atoms with Gasteiger partial charge in [0.2, 0.25) is 0 Å². The van der Waals surface area contributed by atoms with Gasteiger partial charge in [-0.3, -0.25) is 4.79 Å². The fourth-order valence-electron chi connectivity index (χ4n) is 4.01. The molecule has 6 heteroatoms. The van der Waals surface area contributed by atoms with Crippen molar-refractivity contribution in [2.45, 2.75) is 33.6 Å². The highest BCUT2D eigenvalue weighted by atomic mass is 16.5. The SMILES string of the molecule is C#CCOc1cccc(C=Nn2c(-c3cc(C(C)C)c(OCC)cc3C)nc3ccccc3c2=O)c1. The summed E-state index contributed by atoms with van der Waals surface area (Å²) < 4.78 is 12.8. The number of terminal acetylenes is 1. The summed E-state index contributed by atoms with van der Waals surface area (Å²) in [4.78, 5) is 18.5. The summed E-state index contributed by atoms with van der Waals surface area (Å²) in [5.74, 6) is 4.62. The van der Waals surface area contributed by atoms with Gasteiger partial charge in [0, 0.05) is 5.56 Å². The quantitative estimate of drug-likeness (QED) is 0.237. The van der Waals surface area contributed by atoms with Crippen LogP contribution in [0.2, 0.25) is 0 Å². The number of benzene rings is 3. The van der Waals surface area contributed by atoms with Gasteiger partial charge in [-0.15, -0.1) is 6.42 Å². The van der Waals surface area contributed by atoms with E-state index in [1.54, 1.807) is 12.3 Å². The van der Waals surface area contributed by atoms with E-state index in [0.29, 0.717) is 29.1 Å².